The first kappa shape index (κ1) is 18.1. The zero-order valence-corrected chi connectivity index (χ0v) is 16.4. The number of fused-ring (bicyclic) bond motifs is 3. The number of hydrogen-bond donors (Lipinski definition) is 0. The molecular formula is C22H17ClFN3O2. The van der Waals surface area contributed by atoms with Gasteiger partial charge in [-0.2, -0.15) is 0 Å². The molecule has 2 aliphatic rings. The third-order valence-electron chi connectivity index (χ3n) is 5.29. The van der Waals surface area contributed by atoms with Crippen LogP contribution in [0, 0.1) is 5.82 Å². The van der Waals surface area contributed by atoms with Crippen LogP contribution in [0.1, 0.15) is 51.9 Å². The standard InChI is InChI=1S/C22H17ClFN3O2/c1-29-22(28)20-21(12-6-7-12)27-17-9-8-13(23)10-15(17)19(25-11-18(27)26-20)14-4-2-3-5-16(14)24/h2-5,8-10,12H,6-7,11H2,1H3. The normalized spacial score (nSPS) is 15.2. The lowest BCUT2D eigenvalue weighted by molar-refractivity contribution is 0.0593. The molecule has 0 atom stereocenters. The number of aromatic nitrogens is 2. The van der Waals surface area contributed by atoms with E-state index < -0.39 is 5.97 Å². The number of aliphatic imine (C=N–C) groups is 1. The van der Waals surface area contributed by atoms with E-state index >= 15 is 0 Å². The molecule has 3 aromatic rings. The lowest BCUT2D eigenvalue weighted by Gasteiger charge is -2.15. The Kier molecular flexibility index (Phi) is 4.24. The number of hydrogen-bond acceptors (Lipinski definition) is 4. The van der Waals surface area contributed by atoms with E-state index in [1.54, 1.807) is 30.3 Å². The van der Waals surface area contributed by atoms with Crippen molar-refractivity contribution < 1.29 is 13.9 Å². The van der Waals surface area contributed by atoms with Gasteiger partial charge >= 0.3 is 5.97 Å². The predicted octanol–water partition coefficient (Wildman–Crippen LogP) is 4.68. The van der Waals surface area contributed by atoms with Gasteiger partial charge in [0.05, 0.1) is 30.7 Å². The summed E-state index contributed by atoms with van der Waals surface area (Å²) in [6, 6.07) is 12.0. The van der Waals surface area contributed by atoms with Gasteiger partial charge in [0.2, 0.25) is 0 Å². The molecule has 0 saturated heterocycles. The molecule has 1 aliphatic carbocycles. The van der Waals surface area contributed by atoms with Crippen molar-refractivity contribution in [3.63, 3.8) is 0 Å². The highest BCUT2D eigenvalue weighted by Crippen LogP contribution is 2.44. The second-order valence-electron chi connectivity index (χ2n) is 7.17. The summed E-state index contributed by atoms with van der Waals surface area (Å²) >= 11 is 6.29. The highest BCUT2D eigenvalue weighted by Gasteiger charge is 2.37. The molecule has 1 saturated carbocycles. The van der Waals surface area contributed by atoms with E-state index in [0.29, 0.717) is 33.4 Å². The second-order valence-corrected chi connectivity index (χ2v) is 7.61. The van der Waals surface area contributed by atoms with Gasteiger partial charge in [-0.15, -0.1) is 0 Å². The van der Waals surface area contributed by atoms with Crippen molar-refractivity contribution in [2.75, 3.05) is 7.11 Å². The van der Waals surface area contributed by atoms with Crippen molar-refractivity contribution in [3.8, 4) is 5.69 Å². The summed E-state index contributed by atoms with van der Waals surface area (Å²) < 4.78 is 21.5. The number of carbonyl (C=O) groups excluding carboxylic acids is 1. The lowest BCUT2D eigenvalue weighted by atomic mass is 9.99. The van der Waals surface area contributed by atoms with Gasteiger partial charge in [-0.1, -0.05) is 23.7 Å². The van der Waals surface area contributed by atoms with Gasteiger partial charge in [0.1, 0.15) is 11.6 Å². The Hall–Kier alpha value is -2.99. The molecule has 0 spiro atoms. The van der Waals surface area contributed by atoms with Crippen LogP contribution in [0.4, 0.5) is 4.39 Å². The van der Waals surface area contributed by atoms with Crippen molar-refractivity contribution in [2.24, 2.45) is 4.99 Å². The maximum absolute atomic E-state index is 14.6. The maximum Gasteiger partial charge on any atom is 0.358 e. The van der Waals surface area contributed by atoms with E-state index in [-0.39, 0.29) is 18.3 Å². The summed E-state index contributed by atoms with van der Waals surface area (Å²) in [6.45, 7) is 0.215. The Morgan fingerprint density at radius 1 is 1.21 bits per heavy atom. The zero-order chi connectivity index (χ0) is 20.1. The number of carbonyl (C=O) groups is 1. The molecule has 2 aromatic carbocycles. The predicted molar refractivity (Wildman–Crippen MR) is 108 cm³/mol. The third kappa shape index (κ3) is 2.95. The highest BCUT2D eigenvalue weighted by atomic mass is 35.5. The molecule has 0 amide bonds. The van der Waals surface area contributed by atoms with Crippen molar-refractivity contribution >= 4 is 23.3 Å². The van der Waals surface area contributed by atoms with E-state index in [0.717, 1.165) is 24.2 Å². The van der Waals surface area contributed by atoms with E-state index in [1.165, 1.54) is 13.2 Å². The molecule has 0 unspecified atom stereocenters. The fraction of sp³-hybridized carbons (Fsp3) is 0.227. The van der Waals surface area contributed by atoms with Crippen LogP contribution in [-0.4, -0.2) is 28.3 Å². The molecule has 2 heterocycles. The van der Waals surface area contributed by atoms with Crippen molar-refractivity contribution in [1.82, 2.24) is 9.55 Å². The van der Waals surface area contributed by atoms with E-state index in [4.69, 9.17) is 16.3 Å². The second kappa shape index (κ2) is 6.81. The smallest absolute Gasteiger partial charge is 0.358 e. The van der Waals surface area contributed by atoms with Gasteiger partial charge in [0.15, 0.2) is 5.69 Å². The van der Waals surface area contributed by atoms with Crippen LogP contribution in [-0.2, 0) is 11.3 Å². The number of ether oxygens (including phenoxy) is 1. The summed E-state index contributed by atoms with van der Waals surface area (Å²) in [4.78, 5) is 21.6. The summed E-state index contributed by atoms with van der Waals surface area (Å²) in [5, 5.41) is 0.525. The molecule has 5 nitrogen and oxygen atoms in total. The first-order valence-corrected chi connectivity index (χ1v) is 9.75. The topological polar surface area (TPSA) is 56.5 Å². The SMILES string of the molecule is COC(=O)c1nc2n(c1C1CC1)-c1ccc(Cl)cc1C(c1ccccc1F)=NC2. The number of esters is 1. The molecular weight excluding hydrogens is 393 g/mol. The zero-order valence-electron chi connectivity index (χ0n) is 15.7. The minimum absolute atomic E-state index is 0.215. The van der Waals surface area contributed by atoms with Gasteiger partial charge in [-0.3, -0.25) is 9.56 Å². The van der Waals surface area contributed by atoms with Gasteiger partial charge in [0.25, 0.3) is 0 Å². The van der Waals surface area contributed by atoms with E-state index in [1.807, 2.05) is 10.6 Å². The van der Waals surface area contributed by atoms with Crippen LogP contribution in [0.5, 0.6) is 0 Å². The van der Waals surface area contributed by atoms with Crippen molar-refractivity contribution in [2.45, 2.75) is 25.3 Å². The minimum Gasteiger partial charge on any atom is -0.464 e. The average Bonchev–Trinajstić information content (AvgIpc) is 3.51. The van der Waals surface area contributed by atoms with E-state index in [2.05, 4.69) is 9.98 Å². The van der Waals surface area contributed by atoms with E-state index in [9.17, 15) is 9.18 Å². The fourth-order valence-corrected chi connectivity index (χ4v) is 4.02. The molecule has 146 valence electrons. The molecule has 1 fully saturated rings. The van der Waals surface area contributed by atoms with Crippen LogP contribution < -0.4 is 0 Å². The Morgan fingerprint density at radius 3 is 2.72 bits per heavy atom. The Balaban J connectivity index is 1.79. The molecule has 7 heteroatoms. The quantitative estimate of drug-likeness (QED) is 0.590. The summed E-state index contributed by atoms with van der Waals surface area (Å²) in [5.41, 5.74) is 3.58. The molecule has 5 rings (SSSR count). The maximum atomic E-state index is 14.6. The van der Waals surface area contributed by atoms with Crippen LogP contribution in [0.2, 0.25) is 5.02 Å². The average molecular weight is 410 g/mol. The van der Waals surface area contributed by atoms with Crippen LogP contribution in [0.15, 0.2) is 47.5 Å². The van der Waals surface area contributed by atoms with Gasteiger partial charge in [-0.05, 0) is 43.2 Å². The number of halogens is 2. The minimum atomic E-state index is -0.457. The molecule has 0 bridgehead atoms. The van der Waals surface area contributed by atoms with Crippen LogP contribution in [0.25, 0.3) is 5.69 Å². The number of nitrogens with zero attached hydrogens (tertiary/aromatic N) is 3. The first-order valence-electron chi connectivity index (χ1n) is 9.38. The van der Waals surface area contributed by atoms with Crippen molar-refractivity contribution in [1.29, 1.82) is 0 Å². The largest absolute Gasteiger partial charge is 0.464 e. The molecule has 1 aliphatic heterocycles. The van der Waals surface area contributed by atoms with Crippen molar-refractivity contribution in [3.05, 3.63) is 81.6 Å². The van der Waals surface area contributed by atoms with Crippen LogP contribution in [0.3, 0.4) is 0 Å². The third-order valence-corrected chi connectivity index (χ3v) is 5.52. The number of benzene rings is 2. The van der Waals surface area contributed by atoms with Gasteiger partial charge in [-0.25, -0.2) is 14.2 Å². The number of imidazole rings is 1. The summed E-state index contributed by atoms with van der Waals surface area (Å²) in [5.74, 6) is 0.0572. The molecule has 0 radical (unpaired) electrons. The first-order chi connectivity index (χ1) is 14.1. The lowest BCUT2D eigenvalue weighted by Crippen LogP contribution is -2.12. The van der Waals surface area contributed by atoms with Crippen LogP contribution >= 0.6 is 11.6 Å². The van der Waals surface area contributed by atoms with Gasteiger partial charge < -0.3 is 4.74 Å². The number of rotatable bonds is 3. The Morgan fingerprint density at radius 2 is 2.00 bits per heavy atom. The highest BCUT2D eigenvalue weighted by molar-refractivity contribution is 6.31. The molecule has 1 aromatic heterocycles. The molecule has 0 N–H and O–H groups in total. The Bertz CT molecular complexity index is 1180. The monoisotopic (exact) mass is 409 g/mol. The van der Waals surface area contributed by atoms with Gasteiger partial charge in [0, 0.05) is 22.1 Å². The summed E-state index contributed by atoms with van der Waals surface area (Å²) in [7, 11) is 1.35. The summed E-state index contributed by atoms with van der Waals surface area (Å²) in [6.07, 6.45) is 1.97. The molecule has 29 heavy (non-hydrogen) atoms. The Labute approximate surface area is 171 Å². The number of methoxy groups -OCH3 is 1. The fourth-order valence-electron chi connectivity index (χ4n) is 3.85.